The molecular formula is C22H22N4O. The molecule has 0 aliphatic carbocycles. The van der Waals surface area contributed by atoms with Crippen molar-refractivity contribution in [2.24, 2.45) is 5.10 Å². The Morgan fingerprint density at radius 1 is 1.11 bits per heavy atom. The molecule has 1 aromatic heterocycles. The molecule has 1 aliphatic heterocycles. The summed E-state index contributed by atoms with van der Waals surface area (Å²) in [4.78, 5) is 22.0. The Balaban J connectivity index is 1.74. The van der Waals surface area contributed by atoms with Crippen molar-refractivity contribution in [3.63, 3.8) is 0 Å². The van der Waals surface area contributed by atoms with Gasteiger partial charge in [-0.05, 0) is 31.0 Å². The van der Waals surface area contributed by atoms with Gasteiger partial charge in [0, 0.05) is 18.4 Å². The van der Waals surface area contributed by atoms with E-state index >= 15 is 0 Å². The molecule has 136 valence electrons. The Hall–Kier alpha value is -3.08. The average Bonchev–Trinajstić information content (AvgIpc) is 3.13. The molecule has 2 heterocycles. The highest BCUT2D eigenvalue weighted by Crippen LogP contribution is 2.33. The van der Waals surface area contributed by atoms with Crippen molar-refractivity contribution >= 4 is 22.7 Å². The number of hydrogen-bond donors (Lipinski definition) is 0. The highest BCUT2D eigenvalue weighted by Gasteiger charge is 2.34. The van der Waals surface area contributed by atoms with Crippen molar-refractivity contribution in [1.29, 1.82) is 0 Å². The van der Waals surface area contributed by atoms with Crippen LogP contribution < -0.4 is 0 Å². The Morgan fingerprint density at radius 2 is 1.85 bits per heavy atom. The van der Waals surface area contributed by atoms with Gasteiger partial charge in [0.15, 0.2) is 0 Å². The minimum Gasteiger partial charge on any atom is -0.273 e. The van der Waals surface area contributed by atoms with Crippen molar-refractivity contribution < 1.29 is 4.79 Å². The first kappa shape index (κ1) is 17.3. The summed E-state index contributed by atoms with van der Waals surface area (Å²) in [5.74, 6) is 0.0287. The maximum Gasteiger partial charge on any atom is 0.243 e. The second-order valence-electron chi connectivity index (χ2n) is 6.85. The normalized spacial score (nSPS) is 16.6. The maximum absolute atomic E-state index is 12.7. The first-order chi connectivity index (χ1) is 13.2. The number of aryl methyl sites for hydroxylation is 1. The van der Waals surface area contributed by atoms with Gasteiger partial charge < -0.3 is 0 Å². The lowest BCUT2D eigenvalue weighted by Crippen LogP contribution is -2.27. The number of hydrazone groups is 1. The van der Waals surface area contributed by atoms with Crippen LogP contribution in [0.2, 0.25) is 0 Å². The number of carbonyl (C=O) groups excluding carboxylic acids is 1. The molecule has 4 rings (SSSR count). The van der Waals surface area contributed by atoms with Gasteiger partial charge in [0.1, 0.15) is 6.04 Å². The molecule has 27 heavy (non-hydrogen) atoms. The van der Waals surface area contributed by atoms with Gasteiger partial charge in [-0.15, -0.1) is 0 Å². The molecular weight excluding hydrogens is 336 g/mol. The van der Waals surface area contributed by atoms with Gasteiger partial charge in [0.05, 0.1) is 28.6 Å². The molecule has 5 nitrogen and oxygen atoms in total. The number of amides is 1. The summed E-state index contributed by atoms with van der Waals surface area (Å²) in [6.07, 6.45) is 3.69. The van der Waals surface area contributed by atoms with Gasteiger partial charge in [0.25, 0.3) is 0 Å². The third kappa shape index (κ3) is 3.33. The van der Waals surface area contributed by atoms with Crippen LogP contribution in [-0.4, -0.2) is 26.6 Å². The van der Waals surface area contributed by atoms with Crippen molar-refractivity contribution in [1.82, 2.24) is 15.0 Å². The second-order valence-corrected chi connectivity index (χ2v) is 6.85. The number of fused-ring (bicyclic) bond motifs is 1. The smallest absolute Gasteiger partial charge is 0.243 e. The average molecular weight is 358 g/mol. The minimum atomic E-state index is -0.212. The summed E-state index contributed by atoms with van der Waals surface area (Å²) in [7, 11) is 0. The monoisotopic (exact) mass is 358 g/mol. The fraction of sp³-hybridized carbons (Fsp3) is 0.273. The van der Waals surface area contributed by atoms with E-state index in [-0.39, 0.29) is 11.9 Å². The van der Waals surface area contributed by atoms with E-state index in [1.54, 1.807) is 11.2 Å². The van der Waals surface area contributed by atoms with Crippen LogP contribution >= 0.6 is 0 Å². The first-order valence-electron chi connectivity index (χ1n) is 9.34. The number of carbonyl (C=O) groups is 1. The summed E-state index contributed by atoms with van der Waals surface area (Å²) in [6.45, 7) is 4.07. The van der Waals surface area contributed by atoms with Crippen LogP contribution in [0.3, 0.4) is 0 Å². The Labute approximate surface area is 158 Å². The molecule has 0 radical (unpaired) electrons. The van der Waals surface area contributed by atoms with E-state index in [0.717, 1.165) is 40.0 Å². The van der Waals surface area contributed by atoms with Gasteiger partial charge in [-0.25, -0.2) is 9.99 Å². The third-order valence-electron chi connectivity index (χ3n) is 4.89. The lowest BCUT2D eigenvalue weighted by atomic mass is 9.98. The Morgan fingerprint density at radius 3 is 2.63 bits per heavy atom. The van der Waals surface area contributed by atoms with Gasteiger partial charge in [-0.2, -0.15) is 5.10 Å². The summed E-state index contributed by atoms with van der Waals surface area (Å²) >= 11 is 0. The van der Waals surface area contributed by atoms with E-state index < -0.39 is 0 Å². The molecule has 0 bridgehead atoms. The summed E-state index contributed by atoms with van der Waals surface area (Å²) in [6, 6.07) is 15.7. The lowest BCUT2D eigenvalue weighted by Gasteiger charge is -2.21. The number of aromatic nitrogens is 2. The van der Waals surface area contributed by atoms with E-state index in [1.807, 2.05) is 43.3 Å². The van der Waals surface area contributed by atoms with Crippen molar-refractivity contribution in [2.45, 2.75) is 39.2 Å². The van der Waals surface area contributed by atoms with Crippen LogP contribution in [0.4, 0.5) is 0 Å². The molecule has 1 atom stereocenters. The van der Waals surface area contributed by atoms with E-state index in [1.165, 1.54) is 0 Å². The van der Waals surface area contributed by atoms with Gasteiger partial charge in [-0.3, -0.25) is 9.78 Å². The van der Waals surface area contributed by atoms with Crippen molar-refractivity contribution in [3.8, 4) is 0 Å². The Kier molecular flexibility index (Phi) is 4.67. The predicted molar refractivity (Wildman–Crippen MR) is 106 cm³/mol. The molecule has 2 aromatic carbocycles. The Bertz CT molecular complexity index is 1030. The minimum absolute atomic E-state index is 0.0287. The quantitative estimate of drug-likeness (QED) is 0.694. The molecule has 1 amide bonds. The molecule has 1 unspecified atom stereocenters. The molecule has 5 heteroatoms. The zero-order valence-electron chi connectivity index (χ0n) is 15.6. The predicted octanol–water partition coefficient (Wildman–Crippen LogP) is 4.42. The summed E-state index contributed by atoms with van der Waals surface area (Å²) < 4.78 is 0. The topological polar surface area (TPSA) is 58.5 Å². The van der Waals surface area contributed by atoms with Crippen molar-refractivity contribution in [3.05, 3.63) is 71.5 Å². The standard InChI is InChI=1S/C22H22N4O/c1-3-8-22(27)26-21(13-19(25-26)16-10-5-4-9-15(16)2)20-14-23-17-11-6-7-12-18(17)24-20/h4-7,9-12,14,21H,3,8,13H2,1-2H3. The molecule has 3 aromatic rings. The van der Waals surface area contributed by atoms with Crippen LogP contribution in [0.15, 0.2) is 59.8 Å². The van der Waals surface area contributed by atoms with Crippen LogP contribution in [0.25, 0.3) is 11.0 Å². The highest BCUT2D eigenvalue weighted by atomic mass is 16.2. The lowest BCUT2D eigenvalue weighted by molar-refractivity contribution is -0.133. The van der Waals surface area contributed by atoms with Gasteiger partial charge >= 0.3 is 0 Å². The second kappa shape index (κ2) is 7.27. The molecule has 0 fully saturated rings. The molecule has 1 aliphatic rings. The van der Waals surface area contributed by atoms with Crippen LogP contribution in [0.1, 0.15) is 49.0 Å². The van der Waals surface area contributed by atoms with Crippen LogP contribution in [0, 0.1) is 6.92 Å². The number of benzene rings is 2. The van der Waals surface area contributed by atoms with Gasteiger partial charge in [-0.1, -0.05) is 43.3 Å². The summed E-state index contributed by atoms with van der Waals surface area (Å²) in [5.41, 5.74) is 5.64. The van der Waals surface area contributed by atoms with Crippen LogP contribution in [-0.2, 0) is 4.79 Å². The number of hydrogen-bond acceptors (Lipinski definition) is 4. The molecule has 0 spiro atoms. The number of para-hydroxylation sites is 2. The third-order valence-corrected chi connectivity index (χ3v) is 4.89. The zero-order valence-corrected chi connectivity index (χ0v) is 15.6. The van der Waals surface area contributed by atoms with Gasteiger partial charge in [0.2, 0.25) is 5.91 Å². The van der Waals surface area contributed by atoms with E-state index in [4.69, 9.17) is 10.1 Å². The highest BCUT2D eigenvalue weighted by molar-refractivity contribution is 6.04. The maximum atomic E-state index is 12.7. The number of nitrogens with zero attached hydrogens (tertiary/aromatic N) is 4. The zero-order chi connectivity index (χ0) is 18.8. The van der Waals surface area contributed by atoms with Crippen LogP contribution in [0.5, 0.6) is 0 Å². The fourth-order valence-electron chi connectivity index (χ4n) is 3.49. The molecule has 0 saturated carbocycles. The first-order valence-corrected chi connectivity index (χ1v) is 9.34. The van der Waals surface area contributed by atoms with E-state index in [9.17, 15) is 4.79 Å². The van der Waals surface area contributed by atoms with E-state index in [2.05, 4.69) is 24.0 Å². The summed E-state index contributed by atoms with van der Waals surface area (Å²) in [5, 5.41) is 6.32. The fourth-order valence-corrected chi connectivity index (χ4v) is 3.49. The van der Waals surface area contributed by atoms with E-state index in [0.29, 0.717) is 12.8 Å². The van der Waals surface area contributed by atoms with Crippen molar-refractivity contribution in [2.75, 3.05) is 0 Å². The molecule has 0 saturated heterocycles. The largest absolute Gasteiger partial charge is 0.273 e. The number of rotatable bonds is 4. The SMILES string of the molecule is CCCC(=O)N1N=C(c2ccccc2C)CC1c1cnc2ccccc2n1. The molecule has 0 N–H and O–H groups in total.